The maximum Gasteiger partial charge on any atom is 0.494 e. The van der Waals surface area contributed by atoms with Crippen molar-refractivity contribution in [3.63, 3.8) is 0 Å². The zero-order valence-electron chi connectivity index (χ0n) is 14.2. The lowest BCUT2D eigenvalue weighted by Crippen LogP contribution is -2.41. The lowest BCUT2D eigenvalue weighted by molar-refractivity contribution is 0.00578. The van der Waals surface area contributed by atoms with Crippen LogP contribution in [0.15, 0.2) is 30.3 Å². The van der Waals surface area contributed by atoms with Gasteiger partial charge < -0.3 is 9.31 Å². The molecule has 22 heavy (non-hydrogen) atoms. The lowest BCUT2D eigenvalue weighted by Gasteiger charge is -2.32. The first-order valence-electron chi connectivity index (χ1n) is 7.69. The van der Waals surface area contributed by atoms with Gasteiger partial charge in [-0.15, -0.1) is 0 Å². The fourth-order valence-electron chi connectivity index (χ4n) is 2.67. The van der Waals surface area contributed by atoms with Crippen LogP contribution >= 0.6 is 0 Å². The summed E-state index contributed by atoms with van der Waals surface area (Å²) >= 11 is 0. The molecule has 5 heteroatoms. The van der Waals surface area contributed by atoms with E-state index in [2.05, 4.69) is 51.9 Å². The van der Waals surface area contributed by atoms with Gasteiger partial charge in [-0.1, -0.05) is 12.1 Å². The predicted molar refractivity (Wildman–Crippen MR) is 88.8 cm³/mol. The Hall–Kier alpha value is -1.59. The number of aromatic nitrogens is 2. The summed E-state index contributed by atoms with van der Waals surface area (Å²) < 4.78 is 14.2. The van der Waals surface area contributed by atoms with E-state index in [-0.39, 0.29) is 18.3 Å². The molecule has 1 aliphatic rings. The third kappa shape index (κ3) is 2.48. The Morgan fingerprint density at radius 1 is 1.00 bits per heavy atom. The maximum atomic E-state index is 6.12. The van der Waals surface area contributed by atoms with Gasteiger partial charge in [0.2, 0.25) is 0 Å². The number of hydrogen-bond donors (Lipinski definition) is 0. The molecule has 0 N–H and O–H groups in total. The van der Waals surface area contributed by atoms with E-state index in [9.17, 15) is 0 Å². The van der Waals surface area contributed by atoms with Crippen LogP contribution in [-0.4, -0.2) is 28.1 Å². The van der Waals surface area contributed by atoms with Gasteiger partial charge in [-0.3, -0.25) is 0 Å². The average Bonchev–Trinajstić information content (AvgIpc) is 2.86. The van der Waals surface area contributed by atoms with E-state index < -0.39 is 0 Å². The minimum Gasteiger partial charge on any atom is -0.399 e. The van der Waals surface area contributed by atoms with Gasteiger partial charge in [-0.05, 0) is 65.2 Å². The summed E-state index contributed by atoms with van der Waals surface area (Å²) in [5.74, 6) is 0. The minimum absolute atomic E-state index is 0.328. The summed E-state index contributed by atoms with van der Waals surface area (Å²) in [6.07, 6.45) is 0. The van der Waals surface area contributed by atoms with Gasteiger partial charge in [-0.2, -0.15) is 5.10 Å². The van der Waals surface area contributed by atoms with Gasteiger partial charge in [0, 0.05) is 5.69 Å². The topological polar surface area (TPSA) is 36.3 Å². The average molecular weight is 298 g/mol. The Kier molecular flexibility index (Phi) is 3.46. The van der Waals surface area contributed by atoms with Crippen LogP contribution in [0.5, 0.6) is 0 Å². The van der Waals surface area contributed by atoms with Crippen LogP contribution in [0, 0.1) is 13.8 Å². The van der Waals surface area contributed by atoms with Gasteiger partial charge in [0.15, 0.2) is 0 Å². The molecule has 0 saturated carbocycles. The molecule has 1 fully saturated rings. The minimum atomic E-state index is -0.345. The maximum absolute atomic E-state index is 6.12. The number of aryl methyl sites for hydroxylation is 2. The highest BCUT2D eigenvalue weighted by Gasteiger charge is 2.51. The van der Waals surface area contributed by atoms with Crippen molar-refractivity contribution in [2.75, 3.05) is 0 Å². The Balaban J connectivity index is 1.95. The van der Waals surface area contributed by atoms with Crippen LogP contribution in [0.25, 0.3) is 5.69 Å². The van der Waals surface area contributed by atoms with Crippen LogP contribution in [0.3, 0.4) is 0 Å². The molecule has 2 aromatic rings. The Morgan fingerprint density at radius 2 is 1.64 bits per heavy atom. The van der Waals surface area contributed by atoms with Crippen molar-refractivity contribution in [1.29, 1.82) is 0 Å². The molecule has 0 unspecified atom stereocenters. The third-order valence-electron chi connectivity index (χ3n) is 4.65. The predicted octanol–water partition coefficient (Wildman–Crippen LogP) is 2.79. The first-order valence-corrected chi connectivity index (χ1v) is 7.69. The first kappa shape index (κ1) is 15.3. The first-order chi connectivity index (χ1) is 10.2. The monoisotopic (exact) mass is 298 g/mol. The molecule has 3 rings (SSSR count). The molecule has 1 saturated heterocycles. The molecular formula is C17H23BN2O2. The Morgan fingerprint density at radius 3 is 2.18 bits per heavy atom. The van der Waals surface area contributed by atoms with Crippen LogP contribution in [-0.2, 0) is 9.31 Å². The summed E-state index contributed by atoms with van der Waals surface area (Å²) in [5, 5.41) is 4.54. The van der Waals surface area contributed by atoms with Crippen molar-refractivity contribution < 1.29 is 9.31 Å². The SMILES string of the molecule is Cc1cc(C)n(-c2cccc(B3OC(C)(C)C(C)(C)O3)c2)n1. The van der Waals surface area contributed by atoms with Crippen molar-refractivity contribution >= 4 is 12.6 Å². The summed E-state index contributed by atoms with van der Waals surface area (Å²) in [6.45, 7) is 12.3. The molecule has 0 spiro atoms. The number of nitrogens with zero attached hydrogens (tertiary/aromatic N) is 2. The standard InChI is InChI=1S/C17H23BN2O2/c1-12-10-13(2)20(19-12)15-9-7-8-14(11-15)18-21-16(3,4)17(5,6)22-18/h7-11H,1-6H3. The summed E-state index contributed by atoms with van der Waals surface area (Å²) in [6, 6.07) is 10.3. The molecule has 4 nitrogen and oxygen atoms in total. The number of hydrogen-bond acceptors (Lipinski definition) is 3. The number of rotatable bonds is 2. The second-order valence-corrected chi connectivity index (χ2v) is 7.02. The van der Waals surface area contributed by atoms with Crippen molar-refractivity contribution in [2.45, 2.75) is 52.7 Å². The molecular weight excluding hydrogens is 275 g/mol. The van der Waals surface area contributed by atoms with Gasteiger partial charge in [0.25, 0.3) is 0 Å². The second kappa shape index (κ2) is 4.96. The molecule has 0 radical (unpaired) electrons. The van der Waals surface area contributed by atoms with E-state index in [0.29, 0.717) is 0 Å². The van der Waals surface area contributed by atoms with E-state index in [1.165, 1.54) is 0 Å². The highest BCUT2D eigenvalue weighted by atomic mass is 16.7. The molecule has 0 bridgehead atoms. The smallest absolute Gasteiger partial charge is 0.399 e. The summed E-state index contributed by atoms with van der Waals surface area (Å²) in [5.41, 5.74) is 3.52. The third-order valence-corrected chi connectivity index (χ3v) is 4.65. The molecule has 0 aliphatic carbocycles. The normalized spacial score (nSPS) is 19.6. The molecule has 1 aromatic carbocycles. The molecule has 1 aromatic heterocycles. The molecule has 116 valence electrons. The van der Waals surface area contributed by atoms with Crippen molar-refractivity contribution in [3.8, 4) is 5.69 Å². The fraction of sp³-hybridized carbons (Fsp3) is 0.471. The van der Waals surface area contributed by atoms with Crippen LogP contribution < -0.4 is 5.46 Å². The van der Waals surface area contributed by atoms with E-state index in [1.54, 1.807) is 0 Å². The second-order valence-electron chi connectivity index (χ2n) is 7.02. The van der Waals surface area contributed by atoms with Crippen molar-refractivity contribution in [1.82, 2.24) is 9.78 Å². The van der Waals surface area contributed by atoms with Crippen LogP contribution in [0.4, 0.5) is 0 Å². The van der Waals surface area contributed by atoms with Gasteiger partial charge in [0.1, 0.15) is 0 Å². The molecule has 1 aliphatic heterocycles. The van der Waals surface area contributed by atoms with Crippen molar-refractivity contribution in [3.05, 3.63) is 41.7 Å². The molecule has 2 heterocycles. The largest absolute Gasteiger partial charge is 0.494 e. The van der Waals surface area contributed by atoms with E-state index >= 15 is 0 Å². The zero-order chi connectivity index (χ0) is 16.1. The highest BCUT2D eigenvalue weighted by Crippen LogP contribution is 2.36. The Bertz CT molecular complexity index is 690. The molecule has 0 amide bonds. The summed E-state index contributed by atoms with van der Waals surface area (Å²) in [4.78, 5) is 0. The summed E-state index contributed by atoms with van der Waals surface area (Å²) in [7, 11) is -0.345. The zero-order valence-corrected chi connectivity index (χ0v) is 14.2. The van der Waals surface area contributed by atoms with Crippen LogP contribution in [0.1, 0.15) is 39.1 Å². The van der Waals surface area contributed by atoms with Crippen LogP contribution in [0.2, 0.25) is 0 Å². The number of benzene rings is 1. The lowest BCUT2D eigenvalue weighted by atomic mass is 9.79. The van der Waals surface area contributed by atoms with Gasteiger partial charge in [0.05, 0.1) is 22.6 Å². The van der Waals surface area contributed by atoms with E-state index in [0.717, 1.165) is 22.5 Å². The van der Waals surface area contributed by atoms with Gasteiger partial charge >= 0.3 is 7.12 Å². The fourth-order valence-corrected chi connectivity index (χ4v) is 2.67. The Labute approximate surface area is 132 Å². The molecule has 0 atom stereocenters. The van der Waals surface area contributed by atoms with Crippen molar-refractivity contribution in [2.24, 2.45) is 0 Å². The van der Waals surface area contributed by atoms with E-state index in [4.69, 9.17) is 9.31 Å². The van der Waals surface area contributed by atoms with Gasteiger partial charge in [-0.25, -0.2) is 4.68 Å². The highest BCUT2D eigenvalue weighted by molar-refractivity contribution is 6.62. The quantitative estimate of drug-likeness (QED) is 0.800. The van der Waals surface area contributed by atoms with E-state index in [1.807, 2.05) is 29.8 Å².